The molecule has 0 heterocycles. The molecule has 0 radical (unpaired) electrons. The van der Waals surface area contributed by atoms with Crippen LogP contribution >= 0.6 is 0 Å². The van der Waals surface area contributed by atoms with Crippen molar-refractivity contribution in [2.45, 2.75) is 13.8 Å². The lowest BCUT2D eigenvalue weighted by molar-refractivity contribution is 1.16. The van der Waals surface area contributed by atoms with Crippen molar-refractivity contribution < 1.29 is 0 Å². The van der Waals surface area contributed by atoms with Gasteiger partial charge >= 0.3 is 0 Å². The number of hydrazine groups is 1. The summed E-state index contributed by atoms with van der Waals surface area (Å²) < 4.78 is 0. The van der Waals surface area contributed by atoms with E-state index in [1.165, 1.54) is 11.1 Å². The summed E-state index contributed by atoms with van der Waals surface area (Å²) in [6.07, 6.45) is 0. The van der Waals surface area contributed by atoms with Crippen molar-refractivity contribution in [2.24, 2.45) is 0 Å². The number of hydrogen-bond donors (Lipinski definition) is 1. The van der Waals surface area contributed by atoms with Gasteiger partial charge in [0, 0.05) is 39.7 Å². The highest BCUT2D eigenvalue weighted by molar-refractivity contribution is 6.02. The van der Waals surface area contributed by atoms with E-state index in [0.29, 0.717) is 0 Å². The molecule has 0 amide bonds. The lowest BCUT2D eigenvalue weighted by atomic mass is 9.86. The van der Waals surface area contributed by atoms with Crippen LogP contribution in [0, 0.1) is 13.8 Å². The third-order valence-electron chi connectivity index (χ3n) is 11.9. The quantitative estimate of drug-likeness (QED) is 0.117. The van der Waals surface area contributed by atoms with E-state index in [1.807, 2.05) is 0 Å². The van der Waals surface area contributed by atoms with Crippen LogP contribution in [0.5, 0.6) is 0 Å². The Morgan fingerprint density at radius 3 is 1.14 bits per heavy atom. The fourth-order valence-electron chi connectivity index (χ4n) is 8.85. The molecular weight excluding hydrogens is 801 g/mol. The van der Waals surface area contributed by atoms with Crippen LogP contribution in [0.3, 0.4) is 0 Å². The molecule has 0 saturated carbocycles. The van der Waals surface area contributed by atoms with Crippen LogP contribution in [0.2, 0.25) is 0 Å². The molecule has 0 saturated heterocycles. The van der Waals surface area contributed by atoms with E-state index in [4.69, 9.17) is 0 Å². The molecule has 0 spiro atoms. The van der Waals surface area contributed by atoms with Gasteiger partial charge in [0.25, 0.3) is 0 Å². The Morgan fingerprint density at radius 2 is 0.667 bits per heavy atom. The molecule has 0 aliphatic heterocycles. The first-order valence-electron chi connectivity index (χ1n) is 22.5. The molecule has 10 aromatic rings. The highest BCUT2D eigenvalue weighted by Gasteiger charge is 2.24. The van der Waals surface area contributed by atoms with Crippen LogP contribution in [0.25, 0.3) is 33.4 Å². The Labute approximate surface area is 388 Å². The summed E-state index contributed by atoms with van der Waals surface area (Å²) in [6, 6.07) is 93.0. The molecule has 10 rings (SSSR count). The third-order valence-corrected chi connectivity index (χ3v) is 11.9. The van der Waals surface area contributed by atoms with E-state index in [1.54, 1.807) is 0 Å². The Bertz CT molecular complexity index is 3160. The topological polar surface area (TPSA) is 21.8 Å². The van der Waals surface area contributed by atoms with Crippen LogP contribution in [-0.2, 0) is 0 Å². The van der Waals surface area contributed by atoms with E-state index in [-0.39, 0.29) is 0 Å². The number of para-hydroxylation sites is 2. The first-order chi connectivity index (χ1) is 32.6. The van der Waals surface area contributed by atoms with Gasteiger partial charge in [0.15, 0.2) is 0 Å². The van der Waals surface area contributed by atoms with Gasteiger partial charge in [-0.05, 0) is 156 Å². The average molecular weight is 851 g/mol. The molecule has 318 valence electrons. The Hall–Kier alpha value is -8.60. The molecule has 10 aromatic carbocycles. The molecule has 0 aromatic heterocycles. The lowest BCUT2D eigenvalue weighted by Gasteiger charge is -2.32. The van der Waals surface area contributed by atoms with Crippen LogP contribution in [-0.4, -0.2) is 0 Å². The zero-order valence-electron chi connectivity index (χ0n) is 37.2. The summed E-state index contributed by atoms with van der Waals surface area (Å²) >= 11 is 0. The molecule has 1 N–H and O–H groups in total. The molecule has 4 nitrogen and oxygen atoms in total. The summed E-state index contributed by atoms with van der Waals surface area (Å²) in [5, 5.41) is 2.25. The average Bonchev–Trinajstić information content (AvgIpc) is 3.38. The second-order valence-electron chi connectivity index (χ2n) is 16.5. The first-order valence-corrected chi connectivity index (χ1v) is 22.5. The van der Waals surface area contributed by atoms with E-state index >= 15 is 0 Å². The number of benzene rings is 10. The number of nitrogens with zero attached hydrogens (tertiary/aromatic N) is 3. The maximum Gasteiger partial charge on any atom is 0.0715 e. The van der Waals surface area contributed by atoms with Gasteiger partial charge in [0.1, 0.15) is 0 Å². The standard InChI is InChI=1S/C62H50N4/c1-46-20-18-32-57(44-46)64(52-28-14-6-15-29-52)54-36-34-51(35-37-54)63-66(56-40-38-55(39-41-56)65(53-30-16-7-17-31-53)58-33-19-21-47(2)45-58)60-43-42-59(48-22-8-3-9-23-48)61(49-24-10-4-11-25-49)62(60)50-26-12-5-13-27-50/h3-45,63H,1-2H3. The van der Waals surface area contributed by atoms with Crippen molar-refractivity contribution in [1.29, 1.82) is 0 Å². The van der Waals surface area contributed by atoms with Crippen molar-refractivity contribution >= 4 is 51.2 Å². The predicted molar refractivity (Wildman–Crippen MR) is 280 cm³/mol. The van der Waals surface area contributed by atoms with Crippen molar-refractivity contribution in [1.82, 2.24) is 0 Å². The number of hydrogen-bond acceptors (Lipinski definition) is 4. The SMILES string of the molecule is Cc1cccc(N(c2ccccc2)c2ccc(NN(c3ccc(N(c4ccccc4)c4cccc(C)c4)cc3)c3ccc(-c4ccccc4)c(-c4ccccc4)c3-c3ccccc3)cc2)c1. The second kappa shape index (κ2) is 19.0. The minimum Gasteiger partial charge on any atom is -0.310 e. The zero-order chi connectivity index (χ0) is 44.7. The number of anilines is 9. The summed E-state index contributed by atoms with van der Waals surface area (Å²) in [5.74, 6) is 0. The molecule has 66 heavy (non-hydrogen) atoms. The molecule has 0 aliphatic rings. The van der Waals surface area contributed by atoms with Gasteiger partial charge in [0.2, 0.25) is 0 Å². The molecule has 0 fully saturated rings. The minimum atomic E-state index is 0.943. The Morgan fingerprint density at radius 1 is 0.288 bits per heavy atom. The zero-order valence-corrected chi connectivity index (χ0v) is 37.2. The largest absolute Gasteiger partial charge is 0.310 e. The van der Waals surface area contributed by atoms with Gasteiger partial charge in [-0.15, -0.1) is 0 Å². The van der Waals surface area contributed by atoms with Gasteiger partial charge in [-0.2, -0.15) is 0 Å². The van der Waals surface area contributed by atoms with Gasteiger partial charge in [-0.1, -0.05) is 158 Å². The molecular formula is C62H50N4. The normalized spacial score (nSPS) is 10.9. The number of nitrogens with one attached hydrogen (secondary N) is 1. The minimum absolute atomic E-state index is 0.943. The van der Waals surface area contributed by atoms with Crippen LogP contribution in [0.1, 0.15) is 11.1 Å². The maximum absolute atomic E-state index is 3.94. The van der Waals surface area contributed by atoms with Crippen molar-refractivity contribution in [2.75, 3.05) is 20.2 Å². The molecule has 0 aliphatic carbocycles. The number of aryl methyl sites for hydroxylation is 2. The second-order valence-corrected chi connectivity index (χ2v) is 16.5. The Kier molecular flexibility index (Phi) is 11.9. The van der Waals surface area contributed by atoms with Crippen molar-refractivity contribution in [3.8, 4) is 33.4 Å². The fraction of sp³-hybridized carbons (Fsp3) is 0.0323. The van der Waals surface area contributed by atoms with Crippen molar-refractivity contribution in [3.63, 3.8) is 0 Å². The molecule has 0 bridgehead atoms. The summed E-state index contributed by atoms with van der Waals surface area (Å²) in [4.78, 5) is 4.62. The maximum atomic E-state index is 3.94. The first kappa shape index (κ1) is 41.4. The highest BCUT2D eigenvalue weighted by Crippen LogP contribution is 2.48. The van der Waals surface area contributed by atoms with Gasteiger partial charge < -0.3 is 9.80 Å². The van der Waals surface area contributed by atoms with Gasteiger partial charge in [-0.25, -0.2) is 0 Å². The van der Waals surface area contributed by atoms with E-state index in [2.05, 4.69) is 295 Å². The monoisotopic (exact) mass is 850 g/mol. The van der Waals surface area contributed by atoms with Crippen LogP contribution < -0.4 is 20.2 Å². The summed E-state index contributed by atoms with van der Waals surface area (Å²) in [7, 11) is 0. The van der Waals surface area contributed by atoms with E-state index < -0.39 is 0 Å². The summed E-state index contributed by atoms with van der Waals surface area (Å²) in [5.41, 5.74) is 22.7. The number of rotatable bonds is 13. The van der Waals surface area contributed by atoms with Gasteiger partial charge in [-0.3, -0.25) is 10.4 Å². The van der Waals surface area contributed by atoms with Crippen molar-refractivity contribution in [3.05, 3.63) is 272 Å². The molecule has 0 atom stereocenters. The summed E-state index contributed by atoms with van der Waals surface area (Å²) in [6.45, 7) is 4.28. The fourth-order valence-corrected chi connectivity index (χ4v) is 8.85. The van der Waals surface area contributed by atoms with E-state index in [9.17, 15) is 0 Å². The predicted octanol–water partition coefficient (Wildman–Crippen LogP) is 17.4. The Balaban J connectivity index is 1.14. The third kappa shape index (κ3) is 8.81. The van der Waals surface area contributed by atoms with E-state index in [0.717, 1.165) is 84.6 Å². The van der Waals surface area contributed by atoms with Crippen LogP contribution in [0.4, 0.5) is 51.2 Å². The molecule has 0 unspecified atom stereocenters. The van der Waals surface area contributed by atoms with Crippen LogP contribution in [0.15, 0.2) is 261 Å². The smallest absolute Gasteiger partial charge is 0.0715 e. The lowest BCUT2D eigenvalue weighted by Crippen LogP contribution is -2.25. The molecule has 4 heteroatoms. The van der Waals surface area contributed by atoms with Gasteiger partial charge in [0.05, 0.1) is 17.1 Å². The highest BCUT2D eigenvalue weighted by atomic mass is 15.5.